The van der Waals surface area contributed by atoms with E-state index in [-0.39, 0.29) is 5.91 Å². The molecular formula is C15H15N3O2. The quantitative estimate of drug-likeness (QED) is 0.833. The van der Waals surface area contributed by atoms with Gasteiger partial charge in [-0.25, -0.2) is 0 Å². The summed E-state index contributed by atoms with van der Waals surface area (Å²) in [5.74, 6) is -0.762. The number of hydrogen-bond acceptors (Lipinski definition) is 3. The number of carbonyl (C=O) groups excluding carboxylic acids is 2. The van der Waals surface area contributed by atoms with E-state index in [4.69, 9.17) is 0 Å². The van der Waals surface area contributed by atoms with Crippen LogP contribution in [-0.2, 0) is 6.42 Å². The van der Waals surface area contributed by atoms with Crippen molar-refractivity contribution in [2.45, 2.75) is 13.3 Å². The second-order valence-electron chi connectivity index (χ2n) is 4.20. The molecule has 2 rings (SSSR count). The SMILES string of the molecule is CCc1ccc(C(=O)NNC(=O)c2cccnc2)cc1. The van der Waals surface area contributed by atoms with Crippen LogP contribution in [0, 0.1) is 0 Å². The van der Waals surface area contributed by atoms with Crippen LogP contribution < -0.4 is 10.9 Å². The first kappa shape index (κ1) is 13.7. The lowest BCUT2D eigenvalue weighted by molar-refractivity contribution is 0.0846. The molecule has 0 atom stereocenters. The van der Waals surface area contributed by atoms with Crippen LogP contribution in [-0.4, -0.2) is 16.8 Å². The second kappa shape index (κ2) is 6.47. The number of carbonyl (C=O) groups is 2. The van der Waals surface area contributed by atoms with Crippen LogP contribution in [0.3, 0.4) is 0 Å². The number of benzene rings is 1. The van der Waals surface area contributed by atoms with Gasteiger partial charge in [-0.3, -0.25) is 25.4 Å². The monoisotopic (exact) mass is 269 g/mol. The first-order valence-corrected chi connectivity index (χ1v) is 6.30. The molecule has 0 bridgehead atoms. The van der Waals surface area contributed by atoms with Crippen LogP contribution in [0.25, 0.3) is 0 Å². The molecule has 20 heavy (non-hydrogen) atoms. The minimum Gasteiger partial charge on any atom is -0.267 e. The van der Waals surface area contributed by atoms with Gasteiger partial charge in [0.2, 0.25) is 0 Å². The van der Waals surface area contributed by atoms with Gasteiger partial charge in [-0.1, -0.05) is 19.1 Å². The Balaban J connectivity index is 1.93. The molecule has 0 aliphatic heterocycles. The van der Waals surface area contributed by atoms with E-state index in [1.54, 1.807) is 30.5 Å². The molecule has 2 N–H and O–H groups in total. The third-order valence-corrected chi connectivity index (χ3v) is 2.84. The number of nitrogens with zero attached hydrogens (tertiary/aromatic N) is 1. The van der Waals surface area contributed by atoms with E-state index in [1.165, 1.54) is 6.20 Å². The highest BCUT2D eigenvalue weighted by Crippen LogP contribution is 2.04. The van der Waals surface area contributed by atoms with Gasteiger partial charge < -0.3 is 0 Å². The van der Waals surface area contributed by atoms with E-state index in [2.05, 4.69) is 15.8 Å². The van der Waals surface area contributed by atoms with Crippen molar-refractivity contribution in [3.8, 4) is 0 Å². The Bertz CT molecular complexity index is 594. The molecule has 2 aromatic rings. The third-order valence-electron chi connectivity index (χ3n) is 2.84. The first-order chi connectivity index (χ1) is 9.70. The Morgan fingerprint density at radius 2 is 1.65 bits per heavy atom. The zero-order chi connectivity index (χ0) is 14.4. The molecule has 0 saturated heterocycles. The van der Waals surface area contributed by atoms with Gasteiger partial charge in [-0.05, 0) is 36.2 Å². The molecule has 1 heterocycles. The number of aryl methyl sites for hydroxylation is 1. The van der Waals surface area contributed by atoms with Gasteiger partial charge in [-0.2, -0.15) is 0 Å². The second-order valence-corrected chi connectivity index (χ2v) is 4.20. The maximum absolute atomic E-state index is 11.8. The summed E-state index contributed by atoms with van der Waals surface area (Å²) in [5, 5.41) is 0. The highest BCUT2D eigenvalue weighted by molar-refractivity contribution is 5.98. The molecule has 0 unspecified atom stereocenters. The van der Waals surface area contributed by atoms with Crippen LogP contribution in [0.4, 0.5) is 0 Å². The van der Waals surface area contributed by atoms with E-state index >= 15 is 0 Å². The maximum atomic E-state index is 11.8. The van der Waals surface area contributed by atoms with Gasteiger partial charge >= 0.3 is 0 Å². The number of aromatic nitrogens is 1. The highest BCUT2D eigenvalue weighted by Gasteiger charge is 2.08. The predicted molar refractivity (Wildman–Crippen MR) is 75.0 cm³/mol. The summed E-state index contributed by atoms with van der Waals surface area (Å²) >= 11 is 0. The Labute approximate surface area is 117 Å². The van der Waals surface area contributed by atoms with E-state index in [9.17, 15) is 9.59 Å². The topological polar surface area (TPSA) is 71.1 Å². The highest BCUT2D eigenvalue weighted by atomic mass is 16.2. The molecule has 0 spiro atoms. The van der Waals surface area contributed by atoms with Crippen LogP contribution in [0.2, 0.25) is 0 Å². The van der Waals surface area contributed by atoms with Crippen molar-refractivity contribution in [1.82, 2.24) is 15.8 Å². The molecule has 0 aliphatic rings. The fourth-order valence-electron chi connectivity index (χ4n) is 1.65. The van der Waals surface area contributed by atoms with Gasteiger partial charge in [-0.15, -0.1) is 0 Å². The molecule has 0 saturated carbocycles. The molecule has 0 radical (unpaired) electrons. The maximum Gasteiger partial charge on any atom is 0.271 e. The molecular weight excluding hydrogens is 254 g/mol. The minimum atomic E-state index is -0.406. The molecule has 5 heteroatoms. The Kier molecular flexibility index (Phi) is 4.44. The van der Waals surface area contributed by atoms with Crippen LogP contribution in [0.5, 0.6) is 0 Å². The van der Waals surface area contributed by atoms with Gasteiger partial charge in [0.05, 0.1) is 5.56 Å². The van der Waals surface area contributed by atoms with E-state index < -0.39 is 5.91 Å². The lowest BCUT2D eigenvalue weighted by atomic mass is 10.1. The van der Waals surface area contributed by atoms with Gasteiger partial charge in [0.25, 0.3) is 11.8 Å². The van der Waals surface area contributed by atoms with Crippen LogP contribution in [0.1, 0.15) is 33.2 Å². The number of amides is 2. The molecule has 1 aromatic carbocycles. The summed E-state index contributed by atoms with van der Waals surface area (Å²) in [6, 6.07) is 10.5. The molecule has 102 valence electrons. The summed E-state index contributed by atoms with van der Waals surface area (Å²) in [4.78, 5) is 27.4. The average Bonchev–Trinajstić information content (AvgIpc) is 2.53. The molecule has 2 amide bonds. The molecule has 1 aromatic heterocycles. The number of hydrogen-bond donors (Lipinski definition) is 2. The number of hydrazine groups is 1. The normalized spacial score (nSPS) is 9.85. The fraction of sp³-hybridized carbons (Fsp3) is 0.133. The number of nitrogens with one attached hydrogen (secondary N) is 2. The van der Waals surface area contributed by atoms with E-state index in [1.807, 2.05) is 19.1 Å². The minimum absolute atomic E-state index is 0.357. The summed E-state index contributed by atoms with van der Waals surface area (Å²) in [5.41, 5.74) is 6.75. The fourth-order valence-corrected chi connectivity index (χ4v) is 1.65. The van der Waals surface area contributed by atoms with E-state index in [0.717, 1.165) is 12.0 Å². The Morgan fingerprint density at radius 3 is 2.20 bits per heavy atom. The zero-order valence-corrected chi connectivity index (χ0v) is 11.1. The standard InChI is InChI=1S/C15H15N3O2/c1-2-11-5-7-12(8-6-11)14(19)17-18-15(20)13-4-3-9-16-10-13/h3-10H,2H2,1H3,(H,17,19)(H,18,20). The van der Waals surface area contributed by atoms with Crippen molar-refractivity contribution in [3.05, 3.63) is 65.5 Å². The van der Waals surface area contributed by atoms with E-state index in [0.29, 0.717) is 11.1 Å². The predicted octanol–water partition coefficient (Wildman–Crippen LogP) is 1.72. The van der Waals surface area contributed by atoms with Crippen molar-refractivity contribution < 1.29 is 9.59 Å². The summed E-state index contributed by atoms with van der Waals surface area (Å²) in [6.07, 6.45) is 3.92. The Hall–Kier alpha value is -2.69. The number of pyridine rings is 1. The average molecular weight is 269 g/mol. The van der Waals surface area contributed by atoms with Crippen LogP contribution in [0.15, 0.2) is 48.8 Å². The van der Waals surface area contributed by atoms with Gasteiger partial charge in [0.1, 0.15) is 0 Å². The largest absolute Gasteiger partial charge is 0.271 e. The summed E-state index contributed by atoms with van der Waals surface area (Å²) in [6.45, 7) is 2.04. The zero-order valence-electron chi connectivity index (χ0n) is 11.1. The summed E-state index contributed by atoms with van der Waals surface area (Å²) < 4.78 is 0. The van der Waals surface area contributed by atoms with Crippen LogP contribution >= 0.6 is 0 Å². The van der Waals surface area contributed by atoms with Gasteiger partial charge in [0.15, 0.2) is 0 Å². The molecule has 5 nitrogen and oxygen atoms in total. The number of rotatable bonds is 3. The lowest BCUT2D eigenvalue weighted by Crippen LogP contribution is -2.41. The van der Waals surface area contributed by atoms with Crippen molar-refractivity contribution >= 4 is 11.8 Å². The van der Waals surface area contributed by atoms with Crippen molar-refractivity contribution in [2.75, 3.05) is 0 Å². The summed E-state index contributed by atoms with van der Waals surface area (Å²) in [7, 11) is 0. The van der Waals surface area contributed by atoms with Crippen molar-refractivity contribution in [2.24, 2.45) is 0 Å². The lowest BCUT2D eigenvalue weighted by Gasteiger charge is -2.07. The smallest absolute Gasteiger partial charge is 0.267 e. The third kappa shape index (κ3) is 3.41. The Morgan fingerprint density at radius 1 is 1.00 bits per heavy atom. The first-order valence-electron chi connectivity index (χ1n) is 6.30. The van der Waals surface area contributed by atoms with Gasteiger partial charge in [0, 0.05) is 18.0 Å². The van der Waals surface area contributed by atoms with Crippen molar-refractivity contribution in [3.63, 3.8) is 0 Å². The molecule has 0 fully saturated rings. The van der Waals surface area contributed by atoms with Crippen molar-refractivity contribution in [1.29, 1.82) is 0 Å². The molecule has 0 aliphatic carbocycles.